The Morgan fingerprint density at radius 2 is 1.53 bits per heavy atom. The zero-order valence-corrected chi connectivity index (χ0v) is 15.1. The number of urea groups is 1. The van der Waals surface area contributed by atoms with E-state index in [0.29, 0.717) is 0 Å². The molecule has 0 spiro atoms. The third-order valence-corrected chi connectivity index (χ3v) is 4.84. The van der Waals surface area contributed by atoms with Gasteiger partial charge in [-0.2, -0.15) is 0 Å². The molecule has 0 saturated carbocycles. The lowest BCUT2D eigenvalue weighted by molar-refractivity contribution is 0.213. The fourth-order valence-electron chi connectivity index (χ4n) is 2.12. The number of halogens is 3. The largest absolute Gasteiger partial charge is 0.325 e. The topological polar surface area (TPSA) is 32.3 Å². The third-order valence-electron chi connectivity index (χ3n) is 3.13. The maximum absolute atomic E-state index is 12.3. The fraction of sp³-hybridized carbons (Fsp3) is 0.462. The van der Waals surface area contributed by atoms with Crippen LogP contribution in [0, 0.1) is 0 Å². The normalized spacial score (nSPS) is 16.1. The van der Waals surface area contributed by atoms with E-state index in [4.69, 9.17) is 0 Å². The number of hydrogen-bond donors (Lipinski definition) is 1. The number of nitrogens with one attached hydrogen (secondary N) is 1. The van der Waals surface area contributed by atoms with Crippen LogP contribution in [0.1, 0.15) is 25.7 Å². The predicted octanol–water partition coefficient (Wildman–Crippen LogP) is 5.38. The molecule has 19 heavy (non-hydrogen) atoms. The van der Waals surface area contributed by atoms with Crippen molar-refractivity contribution in [1.29, 1.82) is 0 Å². The number of anilines is 1. The second-order valence-corrected chi connectivity index (χ2v) is 7.20. The summed E-state index contributed by atoms with van der Waals surface area (Å²) >= 11 is 10.4. The molecule has 2 rings (SSSR count). The van der Waals surface area contributed by atoms with Gasteiger partial charge in [-0.15, -0.1) is 0 Å². The van der Waals surface area contributed by atoms with E-state index in [1.807, 2.05) is 17.0 Å². The number of amides is 2. The van der Waals surface area contributed by atoms with Crippen LogP contribution in [-0.4, -0.2) is 24.0 Å². The van der Waals surface area contributed by atoms with Gasteiger partial charge in [-0.1, -0.05) is 28.8 Å². The zero-order chi connectivity index (χ0) is 13.8. The summed E-state index contributed by atoms with van der Waals surface area (Å²) in [4.78, 5) is 14.2. The molecule has 1 fully saturated rings. The van der Waals surface area contributed by atoms with Gasteiger partial charge in [-0.25, -0.2) is 4.79 Å². The van der Waals surface area contributed by atoms with Gasteiger partial charge in [0.05, 0.1) is 5.69 Å². The van der Waals surface area contributed by atoms with Crippen molar-refractivity contribution in [1.82, 2.24) is 4.90 Å². The van der Waals surface area contributed by atoms with E-state index in [1.165, 1.54) is 12.8 Å². The SMILES string of the molecule is O=C(Nc1c(Br)cc(Br)cc1Br)N1CCCCCC1. The van der Waals surface area contributed by atoms with E-state index in [0.717, 1.165) is 45.0 Å². The molecular weight excluding hydrogens is 440 g/mol. The number of rotatable bonds is 1. The molecule has 0 bridgehead atoms. The van der Waals surface area contributed by atoms with E-state index < -0.39 is 0 Å². The van der Waals surface area contributed by atoms with E-state index in [1.54, 1.807) is 0 Å². The zero-order valence-electron chi connectivity index (χ0n) is 10.4. The lowest BCUT2D eigenvalue weighted by Gasteiger charge is -2.21. The highest BCUT2D eigenvalue weighted by atomic mass is 79.9. The summed E-state index contributed by atoms with van der Waals surface area (Å²) in [6, 6.07) is 3.82. The van der Waals surface area contributed by atoms with Crippen LogP contribution in [0.25, 0.3) is 0 Å². The summed E-state index contributed by atoms with van der Waals surface area (Å²) in [5.41, 5.74) is 0.775. The Labute approximate surface area is 138 Å². The number of benzene rings is 1. The Morgan fingerprint density at radius 1 is 1.00 bits per heavy atom. The average Bonchev–Trinajstić information content (AvgIpc) is 2.62. The Balaban J connectivity index is 2.10. The quantitative estimate of drug-likeness (QED) is 0.606. The van der Waals surface area contributed by atoms with Crippen LogP contribution in [0.3, 0.4) is 0 Å². The lowest BCUT2D eigenvalue weighted by atomic mass is 10.2. The minimum atomic E-state index is -0.0226. The molecule has 104 valence electrons. The Morgan fingerprint density at radius 3 is 2.05 bits per heavy atom. The summed E-state index contributed by atoms with van der Waals surface area (Å²) < 4.78 is 2.67. The second-order valence-electron chi connectivity index (χ2n) is 4.58. The molecule has 1 aliphatic heterocycles. The molecule has 1 aromatic carbocycles. The third kappa shape index (κ3) is 4.20. The first-order valence-electron chi connectivity index (χ1n) is 6.28. The van der Waals surface area contributed by atoms with Crippen molar-refractivity contribution in [2.75, 3.05) is 18.4 Å². The van der Waals surface area contributed by atoms with Gasteiger partial charge < -0.3 is 10.2 Å². The van der Waals surface area contributed by atoms with Gasteiger partial charge in [0.1, 0.15) is 0 Å². The smallest absolute Gasteiger partial charge is 0.321 e. The van der Waals surface area contributed by atoms with Crippen LogP contribution in [-0.2, 0) is 0 Å². The van der Waals surface area contributed by atoms with Crippen LogP contribution in [0.15, 0.2) is 25.6 Å². The van der Waals surface area contributed by atoms with Gasteiger partial charge in [0, 0.05) is 26.5 Å². The van der Waals surface area contributed by atoms with Gasteiger partial charge in [0.15, 0.2) is 0 Å². The predicted molar refractivity (Wildman–Crippen MR) is 88.6 cm³/mol. The van der Waals surface area contributed by atoms with Crippen molar-refractivity contribution >= 4 is 59.5 Å². The first-order chi connectivity index (χ1) is 9.08. The Kier molecular flexibility index (Phi) is 5.71. The van der Waals surface area contributed by atoms with Crippen molar-refractivity contribution in [2.45, 2.75) is 25.7 Å². The Hall–Kier alpha value is -0.0700. The van der Waals surface area contributed by atoms with Gasteiger partial charge in [0.25, 0.3) is 0 Å². The molecule has 0 radical (unpaired) electrons. The summed E-state index contributed by atoms with van der Waals surface area (Å²) in [6.45, 7) is 1.69. The highest BCUT2D eigenvalue weighted by molar-refractivity contribution is 9.11. The standard InChI is InChI=1S/C13H15Br3N2O/c14-9-7-10(15)12(11(16)8-9)17-13(19)18-5-3-1-2-4-6-18/h7-8H,1-6H2,(H,17,19). The molecule has 1 N–H and O–H groups in total. The second kappa shape index (κ2) is 7.09. The van der Waals surface area contributed by atoms with Crippen molar-refractivity contribution in [3.8, 4) is 0 Å². The van der Waals surface area contributed by atoms with Crippen LogP contribution in [0.5, 0.6) is 0 Å². The first-order valence-corrected chi connectivity index (χ1v) is 8.66. The molecule has 0 atom stereocenters. The molecule has 1 aromatic rings. The number of likely N-dealkylation sites (tertiary alicyclic amines) is 1. The fourth-order valence-corrected chi connectivity index (χ4v) is 4.58. The molecule has 3 nitrogen and oxygen atoms in total. The van der Waals surface area contributed by atoms with Crippen LogP contribution >= 0.6 is 47.8 Å². The first kappa shape index (κ1) is 15.3. The number of nitrogens with zero attached hydrogens (tertiary/aromatic N) is 1. The molecule has 0 aliphatic carbocycles. The molecule has 6 heteroatoms. The number of carbonyl (C=O) groups excluding carboxylic acids is 1. The van der Waals surface area contributed by atoms with Gasteiger partial charge in [0.2, 0.25) is 0 Å². The maximum atomic E-state index is 12.3. The molecular formula is C13H15Br3N2O. The monoisotopic (exact) mass is 452 g/mol. The molecule has 1 aliphatic rings. The van der Waals surface area contributed by atoms with Crippen LogP contribution < -0.4 is 5.32 Å². The van der Waals surface area contributed by atoms with Crippen LogP contribution in [0.4, 0.5) is 10.5 Å². The lowest BCUT2D eigenvalue weighted by Crippen LogP contribution is -2.35. The number of carbonyl (C=O) groups is 1. The maximum Gasteiger partial charge on any atom is 0.321 e. The molecule has 0 aromatic heterocycles. The van der Waals surface area contributed by atoms with E-state index in [2.05, 4.69) is 53.1 Å². The molecule has 0 unspecified atom stereocenters. The van der Waals surface area contributed by atoms with Gasteiger partial charge >= 0.3 is 6.03 Å². The van der Waals surface area contributed by atoms with Crippen molar-refractivity contribution in [3.63, 3.8) is 0 Å². The minimum Gasteiger partial charge on any atom is -0.325 e. The molecule has 1 heterocycles. The van der Waals surface area contributed by atoms with E-state index in [-0.39, 0.29) is 6.03 Å². The van der Waals surface area contributed by atoms with Gasteiger partial charge in [-0.3, -0.25) is 0 Å². The summed E-state index contributed by atoms with van der Waals surface area (Å²) in [5.74, 6) is 0. The molecule has 2 amide bonds. The highest BCUT2D eigenvalue weighted by Gasteiger charge is 2.17. The minimum absolute atomic E-state index is 0.0226. The van der Waals surface area contributed by atoms with Gasteiger partial charge in [-0.05, 0) is 56.8 Å². The van der Waals surface area contributed by atoms with Crippen molar-refractivity contribution in [3.05, 3.63) is 25.6 Å². The van der Waals surface area contributed by atoms with E-state index in [9.17, 15) is 4.79 Å². The number of hydrogen-bond acceptors (Lipinski definition) is 1. The molecule has 1 saturated heterocycles. The highest BCUT2D eigenvalue weighted by Crippen LogP contribution is 2.34. The Bertz CT molecular complexity index is 448. The van der Waals surface area contributed by atoms with Crippen molar-refractivity contribution in [2.24, 2.45) is 0 Å². The summed E-state index contributed by atoms with van der Waals surface area (Å²) in [7, 11) is 0. The summed E-state index contributed by atoms with van der Waals surface area (Å²) in [6.07, 6.45) is 4.62. The summed E-state index contributed by atoms with van der Waals surface area (Å²) in [5, 5.41) is 2.98. The van der Waals surface area contributed by atoms with E-state index >= 15 is 0 Å². The van der Waals surface area contributed by atoms with Crippen molar-refractivity contribution < 1.29 is 4.79 Å². The average molecular weight is 455 g/mol. The van der Waals surface area contributed by atoms with Crippen LogP contribution in [0.2, 0.25) is 0 Å².